The number of piperidine rings is 1. The number of likely N-dealkylation sites (tertiary alicyclic amines) is 1. The predicted octanol–water partition coefficient (Wildman–Crippen LogP) is 1.21. The minimum Gasteiger partial charge on any atom is -0.365 e. The van der Waals surface area contributed by atoms with Gasteiger partial charge in [-0.05, 0) is 56.3 Å². The maximum atomic E-state index is 12.1. The van der Waals surface area contributed by atoms with Gasteiger partial charge in [-0.3, -0.25) is 9.59 Å². The number of rotatable bonds is 4. The summed E-state index contributed by atoms with van der Waals surface area (Å²) in [5, 5.41) is 0. The van der Waals surface area contributed by atoms with Gasteiger partial charge in [0.25, 0.3) is 11.5 Å². The van der Waals surface area contributed by atoms with Crippen LogP contribution in [0.1, 0.15) is 42.5 Å². The van der Waals surface area contributed by atoms with Crippen molar-refractivity contribution in [1.82, 2.24) is 9.47 Å². The molecule has 0 bridgehead atoms. The van der Waals surface area contributed by atoms with E-state index >= 15 is 0 Å². The Morgan fingerprint density at radius 1 is 1.19 bits per heavy atom. The molecule has 3 rings (SSSR count). The molecule has 1 saturated carbocycles. The second kappa shape index (κ2) is 5.64. The molecule has 1 saturated heterocycles. The van der Waals surface area contributed by atoms with Crippen LogP contribution in [0.5, 0.6) is 0 Å². The molecule has 2 aliphatic rings. The maximum absolute atomic E-state index is 12.1. The summed E-state index contributed by atoms with van der Waals surface area (Å²) in [6.07, 6.45) is 8.52. The van der Waals surface area contributed by atoms with Crippen molar-refractivity contribution >= 4 is 5.91 Å². The molecule has 0 aromatic carbocycles. The number of nitrogens with two attached hydrogens (primary N) is 1. The van der Waals surface area contributed by atoms with Crippen molar-refractivity contribution < 1.29 is 4.79 Å². The molecule has 1 spiro atoms. The smallest absolute Gasteiger partial charge is 0.263 e. The highest BCUT2D eigenvalue weighted by atomic mass is 16.2. The number of hydrogen-bond acceptors (Lipinski definition) is 3. The zero-order chi connectivity index (χ0) is 14.9. The molecule has 5 heteroatoms. The van der Waals surface area contributed by atoms with E-state index in [4.69, 9.17) is 5.73 Å². The van der Waals surface area contributed by atoms with Gasteiger partial charge in [-0.15, -0.1) is 0 Å². The molecule has 2 heterocycles. The van der Waals surface area contributed by atoms with E-state index < -0.39 is 5.91 Å². The number of primary amides is 1. The lowest BCUT2D eigenvalue weighted by Gasteiger charge is -2.48. The first-order chi connectivity index (χ1) is 10.1. The molecule has 1 aromatic heterocycles. The third-order valence-electron chi connectivity index (χ3n) is 5.27. The highest BCUT2D eigenvalue weighted by molar-refractivity contribution is 5.92. The fraction of sp³-hybridized carbons (Fsp3) is 0.625. The van der Waals surface area contributed by atoms with Crippen LogP contribution in [0.4, 0.5) is 0 Å². The van der Waals surface area contributed by atoms with E-state index in [-0.39, 0.29) is 11.1 Å². The summed E-state index contributed by atoms with van der Waals surface area (Å²) in [5.41, 5.74) is 5.66. The van der Waals surface area contributed by atoms with Crippen LogP contribution in [0.15, 0.2) is 23.1 Å². The molecule has 21 heavy (non-hydrogen) atoms. The molecule has 0 radical (unpaired) electrons. The SMILES string of the molecule is NC(=O)c1cccn(CCN2CCC3(CCC3)CC2)c1=O. The molecule has 2 fully saturated rings. The fourth-order valence-electron chi connectivity index (χ4n) is 3.58. The number of aromatic nitrogens is 1. The average molecular weight is 289 g/mol. The number of pyridine rings is 1. The molecule has 114 valence electrons. The fourth-order valence-corrected chi connectivity index (χ4v) is 3.58. The summed E-state index contributed by atoms with van der Waals surface area (Å²) in [5.74, 6) is -0.653. The zero-order valence-electron chi connectivity index (χ0n) is 12.4. The van der Waals surface area contributed by atoms with Crippen LogP contribution in [0.2, 0.25) is 0 Å². The Morgan fingerprint density at radius 3 is 2.48 bits per heavy atom. The Morgan fingerprint density at radius 2 is 1.90 bits per heavy atom. The molecule has 0 atom stereocenters. The molecular formula is C16H23N3O2. The Balaban J connectivity index is 1.57. The summed E-state index contributed by atoms with van der Waals surface area (Å²) < 4.78 is 1.59. The van der Waals surface area contributed by atoms with Gasteiger partial charge in [0.2, 0.25) is 0 Å². The number of nitrogens with zero attached hydrogens (tertiary/aromatic N) is 2. The van der Waals surface area contributed by atoms with Gasteiger partial charge in [0, 0.05) is 19.3 Å². The molecule has 0 unspecified atom stereocenters. The summed E-state index contributed by atoms with van der Waals surface area (Å²) in [6.45, 7) is 3.74. The van der Waals surface area contributed by atoms with E-state index in [1.165, 1.54) is 38.2 Å². The predicted molar refractivity (Wildman–Crippen MR) is 81.2 cm³/mol. The highest BCUT2D eigenvalue weighted by Crippen LogP contribution is 2.48. The van der Waals surface area contributed by atoms with Gasteiger partial charge in [-0.2, -0.15) is 0 Å². The van der Waals surface area contributed by atoms with Crippen molar-refractivity contribution in [3.63, 3.8) is 0 Å². The second-order valence-electron chi connectivity index (χ2n) is 6.48. The highest BCUT2D eigenvalue weighted by Gasteiger charge is 2.39. The van der Waals surface area contributed by atoms with Crippen molar-refractivity contribution in [2.75, 3.05) is 19.6 Å². The van der Waals surface area contributed by atoms with E-state index in [1.54, 1.807) is 16.8 Å². The van der Waals surface area contributed by atoms with Crippen LogP contribution in [-0.2, 0) is 6.54 Å². The van der Waals surface area contributed by atoms with Crippen LogP contribution in [0.3, 0.4) is 0 Å². The maximum Gasteiger partial charge on any atom is 0.263 e. The molecule has 1 aliphatic carbocycles. The molecule has 1 aromatic rings. The summed E-state index contributed by atoms with van der Waals surface area (Å²) in [6, 6.07) is 3.20. The van der Waals surface area contributed by atoms with Crippen LogP contribution in [0.25, 0.3) is 0 Å². The summed E-state index contributed by atoms with van der Waals surface area (Å²) in [7, 11) is 0. The summed E-state index contributed by atoms with van der Waals surface area (Å²) in [4.78, 5) is 25.7. The molecule has 2 N–H and O–H groups in total. The molecule has 5 nitrogen and oxygen atoms in total. The van der Waals surface area contributed by atoms with E-state index in [0.717, 1.165) is 19.6 Å². The average Bonchev–Trinajstić information content (AvgIpc) is 2.45. The van der Waals surface area contributed by atoms with Crippen LogP contribution in [0, 0.1) is 5.41 Å². The van der Waals surface area contributed by atoms with Crippen LogP contribution in [-0.4, -0.2) is 35.0 Å². The quantitative estimate of drug-likeness (QED) is 0.906. The minimum atomic E-state index is -0.653. The standard InChI is InChI=1S/C16H23N3O2/c17-14(20)13-3-1-8-19(15(13)21)12-11-18-9-6-16(7-10-18)4-2-5-16/h1,3,8H,2,4-7,9-12H2,(H2,17,20). The first-order valence-electron chi connectivity index (χ1n) is 7.81. The topological polar surface area (TPSA) is 68.3 Å². The normalized spacial score (nSPS) is 21.1. The Labute approximate surface area is 124 Å². The number of carbonyl (C=O) groups excluding carboxylic acids is 1. The van der Waals surface area contributed by atoms with E-state index in [1.807, 2.05) is 0 Å². The number of carbonyl (C=O) groups is 1. The summed E-state index contributed by atoms with van der Waals surface area (Å²) >= 11 is 0. The van der Waals surface area contributed by atoms with Crippen molar-refractivity contribution in [2.45, 2.75) is 38.6 Å². The van der Waals surface area contributed by atoms with Crippen LogP contribution < -0.4 is 11.3 Å². The first kappa shape index (κ1) is 14.3. The lowest BCUT2D eigenvalue weighted by atomic mass is 9.63. The monoisotopic (exact) mass is 289 g/mol. The Bertz CT molecular complexity index is 579. The van der Waals surface area contributed by atoms with Gasteiger partial charge >= 0.3 is 0 Å². The van der Waals surface area contributed by atoms with Crippen molar-refractivity contribution in [2.24, 2.45) is 11.1 Å². The lowest BCUT2D eigenvalue weighted by molar-refractivity contribution is 0.0322. The number of hydrogen-bond donors (Lipinski definition) is 1. The third kappa shape index (κ3) is 2.88. The van der Waals surface area contributed by atoms with Gasteiger partial charge in [0.1, 0.15) is 5.56 Å². The molecular weight excluding hydrogens is 266 g/mol. The third-order valence-corrected chi connectivity index (χ3v) is 5.27. The van der Waals surface area contributed by atoms with Crippen molar-refractivity contribution in [3.8, 4) is 0 Å². The van der Waals surface area contributed by atoms with Gasteiger partial charge in [-0.1, -0.05) is 6.42 Å². The van der Waals surface area contributed by atoms with Crippen LogP contribution >= 0.6 is 0 Å². The van der Waals surface area contributed by atoms with E-state index in [2.05, 4.69) is 4.90 Å². The van der Waals surface area contributed by atoms with Gasteiger partial charge in [-0.25, -0.2) is 0 Å². The van der Waals surface area contributed by atoms with Crippen molar-refractivity contribution in [3.05, 3.63) is 34.2 Å². The van der Waals surface area contributed by atoms with E-state index in [9.17, 15) is 9.59 Å². The van der Waals surface area contributed by atoms with Gasteiger partial charge in [0.15, 0.2) is 0 Å². The first-order valence-corrected chi connectivity index (χ1v) is 7.81. The minimum absolute atomic E-state index is 0.0737. The zero-order valence-corrected chi connectivity index (χ0v) is 12.4. The van der Waals surface area contributed by atoms with Gasteiger partial charge < -0.3 is 15.2 Å². The Hall–Kier alpha value is -1.62. The van der Waals surface area contributed by atoms with E-state index in [0.29, 0.717) is 12.0 Å². The molecule has 1 amide bonds. The molecule has 1 aliphatic heterocycles. The largest absolute Gasteiger partial charge is 0.365 e. The lowest BCUT2D eigenvalue weighted by Crippen LogP contribution is -2.44. The van der Waals surface area contributed by atoms with Crippen molar-refractivity contribution in [1.29, 1.82) is 0 Å². The Kier molecular flexibility index (Phi) is 3.85. The van der Waals surface area contributed by atoms with Gasteiger partial charge in [0.05, 0.1) is 0 Å². The second-order valence-corrected chi connectivity index (χ2v) is 6.48. The number of amides is 1.